The summed E-state index contributed by atoms with van der Waals surface area (Å²) in [4.78, 5) is 17.6. The molecule has 0 saturated carbocycles. The van der Waals surface area contributed by atoms with Crippen LogP contribution >= 0.6 is 0 Å². The molecule has 1 heterocycles. The van der Waals surface area contributed by atoms with Crippen molar-refractivity contribution >= 4 is 21.8 Å². The van der Waals surface area contributed by atoms with Crippen LogP contribution in [-0.4, -0.2) is 59.4 Å². The van der Waals surface area contributed by atoms with Crippen molar-refractivity contribution in [2.45, 2.75) is 11.0 Å². The number of hydrogen-bond acceptors (Lipinski definition) is 6. The molecule has 0 spiro atoms. The Morgan fingerprint density at radius 2 is 2.08 bits per heavy atom. The molecule has 2 rings (SSSR count). The van der Waals surface area contributed by atoms with E-state index in [2.05, 4.69) is 14.7 Å². The third-order valence-electron chi connectivity index (χ3n) is 3.25. The van der Waals surface area contributed by atoms with Gasteiger partial charge in [0, 0.05) is 10.6 Å². The number of anilines is 1. The zero-order valence-electron chi connectivity index (χ0n) is 13.3. The molecule has 24 heavy (non-hydrogen) atoms. The first-order valence-corrected chi connectivity index (χ1v) is 8.55. The molecule has 1 fully saturated rings. The molecule has 1 aliphatic heterocycles. The number of amides is 1. The molecule has 1 amide bonds. The first-order chi connectivity index (χ1) is 11.3. The molecule has 1 N–H and O–H groups in total. The molecule has 1 aliphatic rings. The monoisotopic (exact) mass is 354 g/mol. The maximum atomic E-state index is 12.1. The van der Waals surface area contributed by atoms with E-state index in [0.717, 1.165) is 0 Å². The Bertz CT molecular complexity index is 742. The summed E-state index contributed by atoms with van der Waals surface area (Å²) in [5, 5.41) is 3.38. The second kappa shape index (κ2) is 7.49. The maximum Gasteiger partial charge on any atom is 0.414 e. The number of azide groups is 1. The SMILES string of the molecule is CN(C)CNS(=O)(=O)c1ccc(N2CC(CN=[N+]=[N-])OC2=O)cc1. The summed E-state index contributed by atoms with van der Waals surface area (Å²) in [6, 6.07) is 5.89. The highest BCUT2D eigenvalue weighted by Crippen LogP contribution is 2.23. The van der Waals surface area contributed by atoms with E-state index in [4.69, 9.17) is 10.3 Å². The minimum atomic E-state index is -3.61. The predicted molar refractivity (Wildman–Crippen MR) is 86.9 cm³/mol. The number of nitrogens with zero attached hydrogens (tertiary/aromatic N) is 5. The van der Waals surface area contributed by atoms with E-state index < -0.39 is 22.2 Å². The lowest BCUT2D eigenvalue weighted by Gasteiger charge is -2.14. The minimum Gasteiger partial charge on any atom is -0.444 e. The van der Waals surface area contributed by atoms with E-state index >= 15 is 0 Å². The van der Waals surface area contributed by atoms with Gasteiger partial charge in [-0.3, -0.25) is 9.80 Å². The van der Waals surface area contributed by atoms with Gasteiger partial charge in [0.15, 0.2) is 0 Å². The van der Waals surface area contributed by atoms with Gasteiger partial charge in [0.25, 0.3) is 0 Å². The molecule has 1 aromatic carbocycles. The van der Waals surface area contributed by atoms with Crippen molar-refractivity contribution in [1.82, 2.24) is 9.62 Å². The number of cyclic esters (lactones) is 1. The largest absolute Gasteiger partial charge is 0.444 e. The highest BCUT2D eigenvalue weighted by atomic mass is 32.2. The minimum absolute atomic E-state index is 0.0552. The Morgan fingerprint density at radius 1 is 1.42 bits per heavy atom. The Kier molecular flexibility index (Phi) is 5.62. The van der Waals surface area contributed by atoms with E-state index in [9.17, 15) is 13.2 Å². The summed E-state index contributed by atoms with van der Waals surface area (Å²) in [5.41, 5.74) is 8.81. The Balaban J connectivity index is 2.09. The molecule has 1 unspecified atom stereocenters. The van der Waals surface area contributed by atoms with Gasteiger partial charge in [-0.15, -0.1) is 0 Å². The molecule has 1 saturated heterocycles. The molecule has 130 valence electrons. The standard InChI is InChI=1S/C13H18N6O4S/c1-18(2)9-16-24(21,22)12-5-3-10(4-6-12)19-8-11(7-15-17-14)23-13(19)20/h3-6,11,16H,7-9H2,1-2H3. The highest BCUT2D eigenvalue weighted by Gasteiger charge is 2.32. The van der Waals surface area contributed by atoms with E-state index in [1.807, 2.05) is 0 Å². The second-order valence-corrected chi connectivity index (χ2v) is 7.18. The van der Waals surface area contributed by atoms with Crippen molar-refractivity contribution in [1.29, 1.82) is 0 Å². The van der Waals surface area contributed by atoms with Crippen molar-refractivity contribution in [3.05, 3.63) is 34.7 Å². The Labute approximate surface area is 139 Å². The zero-order chi connectivity index (χ0) is 17.7. The fraction of sp³-hybridized carbons (Fsp3) is 0.462. The lowest BCUT2D eigenvalue weighted by molar-refractivity contribution is 0.145. The summed E-state index contributed by atoms with van der Waals surface area (Å²) < 4.78 is 31.8. The highest BCUT2D eigenvalue weighted by molar-refractivity contribution is 7.89. The third kappa shape index (κ3) is 4.36. The molecule has 0 radical (unpaired) electrons. The lowest BCUT2D eigenvalue weighted by atomic mass is 10.3. The van der Waals surface area contributed by atoms with Crippen LogP contribution in [-0.2, 0) is 14.8 Å². The van der Waals surface area contributed by atoms with E-state index in [-0.39, 0.29) is 24.7 Å². The normalized spacial score (nSPS) is 17.7. The van der Waals surface area contributed by atoms with E-state index in [1.165, 1.54) is 29.2 Å². The Morgan fingerprint density at radius 3 is 2.67 bits per heavy atom. The average molecular weight is 354 g/mol. The van der Waals surface area contributed by atoms with Gasteiger partial charge in [0.1, 0.15) is 6.10 Å². The van der Waals surface area contributed by atoms with Crippen molar-refractivity contribution in [3.63, 3.8) is 0 Å². The maximum absolute atomic E-state index is 12.1. The van der Waals surface area contributed by atoms with Crippen LogP contribution in [0.4, 0.5) is 10.5 Å². The van der Waals surface area contributed by atoms with Crippen LogP contribution in [0.15, 0.2) is 34.3 Å². The summed E-state index contributed by atoms with van der Waals surface area (Å²) in [5.74, 6) is 0. The smallest absolute Gasteiger partial charge is 0.414 e. The first kappa shape index (κ1) is 18.0. The van der Waals surface area contributed by atoms with Gasteiger partial charge in [-0.2, -0.15) is 4.72 Å². The van der Waals surface area contributed by atoms with E-state index in [1.54, 1.807) is 19.0 Å². The number of carbonyl (C=O) groups excluding carboxylic acids is 1. The van der Waals surface area contributed by atoms with Crippen LogP contribution in [0.1, 0.15) is 0 Å². The number of nitrogens with one attached hydrogen (secondary N) is 1. The quantitative estimate of drug-likeness (QED) is 0.340. The number of ether oxygens (including phenoxy) is 1. The van der Waals surface area contributed by atoms with Crippen LogP contribution in [0.2, 0.25) is 0 Å². The van der Waals surface area contributed by atoms with Crippen LogP contribution in [0.25, 0.3) is 10.4 Å². The van der Waals surface area contributed by atoms with Crippen LogP contribution in [0, 0.1) is 0 Å². The fourth-order valence-corrected chi connectivity index (χ4v) is 3.15. The Hall–Kier alpha value is -2.33. The summed E-state index contributed by atoms with van der Waals surface area (Å²) in [6.45, 7) is 0.478. The molecular formula is C13H18N6O4S. The molecule has 1 aromatic rings. The van der Waals surface area contributed by atoms with Crippen molar-refractivity contribution in [2.75, 3.05) is 38.8 Å². The first-order valence-electron chi connectivity index (χ1n) is 7.07. The van der Waals surface area contributed by atoms with Gasteiger partial charge < -0.3 is 4.74 Å². The van der Waals surface area contributed by atoms with Gasteiger partial charge in [0.2, 0.25) is 10.0 Å². The van der Waals surface area contributed by atoms with E-state index in [0.29, 0.717) is 5.69 Å². The van der Waals surface area contributed by atoms with Gasteiger partial charge in [-0.1, -0.05) is 5.11 Å². The summed E-state index contributed by atoms with van der Waals surface area (Å²) >= 11 is 0. The third-order valence-corrected chi connectivity index (χ3v) is 4.65. The molecular weight excluding hydrogens is 336 g/mol. The van der Waals surface area contributed by atoms with Crippen LogP contribution in [0.3, 0.4) is 0 Å². The van der Waals surface area contributed by atoms with Crippen molar-refractivity contribution in [2.24, 2.45) is 5.11 Å². The average Bonchev–Trinajstić information content (AvgIpc) is 2.92. The number of sulfonamides is 1. The molecule has 0 aromatic heterocycles. The lowest BCUT2D eigenvalue weighted by Crippen LogP contribution is -2.33. The predicted octanol–water partition coefficient (Wildman–Crippen LogP) is 1.12. The fourth-order valence-electron chi connectivity index (χ4n) is 2.06. The van der Waals surface area contributed by atoms with Crippen molar-refractivity contribution < 1.29 is 17.9 Å². The molecule has 1 atom stereocenters. The number of benzene rings is 1. The topological polar surface area (TPSA) is 128 Å². The summed E-state index contributed by atoms with van der Waals surface area (Å²) in [7, 11) is -0.119. The summed E-state index contributed by atoms with van der Waals surface area (Å²) in [6.07, 6.45) is -1.08. The van der Waals surface area contributed by atoms with Gasteiger partial charge >= 0.3 is 6.09 Å². The second-order valence-electron chi connectivity index (χ2n) is 5.41. The molecule has 0 bridgehead atoms. The van der Waals surface area contributed by atoms with Crippen LogP contribution in [0.5, 0.6) is 0 Å². The zero-order valence-corrected chi connectivity index (χ0v) is 14.1. The molecule has 10 nitrogen and oxygen atoms in total. The number of rotatable bonds is 7. The van der Waals surface area contributed by atoms with Crippen molar-refractivity contribution in [3.8, 4) is 0 Å². The number of carbonyl (C=O) groups is 1. The van der Waals surface area contributed by atoms with Crippen LogP contribution < -0.4 is 9.62 Å². The molecule has 0 aliphatic carbocycles. The van der Waals surface area contributed by atoms with Gasteiger partial charge in [-0.05, 0) is 43.9 Å². The van der Waals surface area contributed by atoms with Gasteiger partial charge in [-0.25, -0.2) is 13.2 Å². The van der Waals surface area contributed by atoms with Gasteiger partial charge in [0.05, 0.1) is 24.7 Å². The number of hydrogen-bond donors (Lipinski definition) is 1. The molecule has 11 heteroatoms.